The van der Waals surface area contributed by atoms with Crippen LogP contribution in [0.3, 0.4) is 0 Å². The van der Waals surface area contributed by atoms with Gasteiger partial charge in [0.05, 0.1) is 0 Å². The molecule has 6 heteroatoms. The van der Waals surface area contributed by atoms with Gasteiger partial charge in [-0.05, 0) is 43.9 Å². The summed E-state index contributed by atoms with van der Waals surface area (Å²) < 4.78 is 26.7. The molecule has 0 radical (unpaired) electrons. The zero-order valence-corrected chi connectivity index (χ0v) is 13.0. The second-order valence-electron chi connectivity index (χ2n) is 5.48. The van der Waals surface area contributed by atoms with Crippen LogP contribution in [0.2, 0.25) is 0 Å². The van der Waals surface area contributed by atoms with Crippen molar-refractivity contribution >= 4 is 10.0 Å². The van der Waals surface area contributed by atoms with E-state index >= 15 is 0 Å². The Morgan fingerprint density at radius 1 is 1.35 bits per heavy atom. The number of hydrogen-bond acceptors (Lipinski definition) is 4. The predicted molar refractivity (Wildman–Crippen MR) is 78.8 cm³/mol. The third-order valence-corrected chi connectivity index (χ3v) is 5.57. The van der Waals surface area contributed by atoms with Crippen LogP contribution >= 0.6 is 0 Å². The number of hydrogen-bond donors (Lipinski definition) is 1. The SMILES string of the molecule is CNCc1ccc(S(=O)(=O)N2CCCC(C)CC2)nc1. The number of rotatable bonds is 4. The molecule has 0 aromatic carbocycles. The maximum Gasteiger partial charge on any atom is 0.260 e. The molecule has 0 amide bonds. The molecule has 1 saturated heterocycles. The fraction of sp³-hybridized carbons (Fsp3) is 0.643. The van der Waals surface area contributed by atoms with Crippen molar-refractivity contribution in [3.63, 3.8) is 0 Å². The zero-order chi connectivity index (χ0) is 14.6. The lowest BCUT2D eigenvalue weighted by atomic mass is 10.0. The lowest BCUT2D eigenvalue weighted by molar-refractivity contribution is 0.415. The summed E-state index contributed by atoms with van der Waals surface area (Å²) in [4.78, 5) is 4.12. The molecule has 2 heterocycles. The van der Waals surface area contributed by atoms with Gasteiger partial charge in [0.25, 0.3) is 10.0 Å². The molecule has 0 aliphatic carbocycles. The van der Waals surface area contributed by atoms with Crippen LogP contribution < -0.4 is 5.32 Å². The van der Waals surface area contributed by atoms with E-state index in [1.165, 1.54) is 0 Å². The molecule has 1 aromatic rings. The van der Waals surface area contributed by atoms with Crippen molar-refractivity contribution in [2.45, 2.75) is 37.8 Å². The molecule has 2 rings (SSSR count). The standard InChI is InChI=1S/C14H23N3O2S/c1-12-4-3-8-17(9-7-12)20(18,19)14-6-5-13(10-15-2)11-16-14/h5-6,11-12,15H,3-4,7-10H2,1-2H3. The Kier molecular flexibility index (Phi) is 5.12. The highest BCUT2D eigenvalue weighted by Gasteiger charge is 2.27. The minimum atomic E-state index is -3.44. The van der Waals surface area contributed by atoms with E-state index in [2.05, 4.69) is 17.2 Å². The van der Waals surface area contributed by atoms with Gasteiger partial charge in [0, 0.05) is 25.8 Å². The van der Waals surface area contributed by atoms with Crippen LogP contribution in [0.1, 0.15) is 31.7 Å². The summed E-state index contributed by atoms with van der Waals surface area (Å²) in [5.74, 6) is 0.598. The topological polar surface area (TPSA) is 62.3 Å². The highest BCUT2D eigenvalue weighted by Crippen LogP contribution is 2.22. The Morgan fingerprint density at radius 3 is 2.80 bits per heavy atom. The van der Waals surface area contributed by atoms with Gasteiger partial charge in [0.2, 0.25) is 0 Å². The van der Waals surface area contributed by atoms with Crippen LogP contribution in [0.25, 0.3) is 0 Å². The van der Waals surface area contributed by atoms with Crippen molar-refractivity contribution in [2.75, 3.05) is 20.1 Å². The van der Waals surface area contributed by atoms with Gasteiger partial charge in [-0.2, -0.15) is 4.31 Å². The normalized spacial score (nSPS) is 21.6. The molecule has 0 bridgehead atoms. The molecule has 1 aliphatic rings. The van der Waals surface area contributed by atoms with Crippen LogP contribution in [0.15, 0.2) is 23.4 Å². The molecule has 1 unspecified atom stereocenters. The van der Waals surface area contributed by atoms with Gasteiger partial charge < -0.3 is 5.32 Å². The van der Waals surface area contributed by atoms with Gasteiger partial charge in [-0.1, -0.05) is 13.0 Å². The molecular weight excluding hydrogens is 274 g/mol. The van der Waals surface area contributed by atoms with Crippen LogP contribution in [0.4, 0.5) is 0 Å². The summed E-state index contributed by atoms with van der Waals surface area (Å²) >= 11 is 0. The lowest BCUT2D eigenvalue weighted by Crippen LogP contribution is -2.32. The smallest absolute Gasteiger partial charge is 0.260 e. The summed E-state index contributed by atoms with van der Waals surface area (Å²) in [5, 5.41) is 3.18. The molecule has 1 N–H and O–H groups in total. The Balaban J connectivity index is 2.16. The van der Waals surface area contributed by atoms with Crippen molar-refractivity contribution in [2.24, 2.45) is 5.92 Å². The summed E-state index contributed by atoms with van der Waals surface area (Å²) in [6, 6.07) is 3.42. The van der Waals surface area contributed by atoms with Gasteiger partial charge in [0.15, 0.2) is 5.03 Å². The highest BCUT2D eigenvalue weighted by atomic mass is 32.2. The van der Waals surface area contributed by atoms with E-state index in [0.29, 0.717) is 25.6 Å². The van der Waals surface area contributed by atoms with Crippen LogP contribution in [0.5, 0.6) is 0 Å². The van der Waals surface area contributed by atoms with Crippen molar-refractivity contribution < 1.29 is 8.42 Å². The first kappa shape index (κ1) is 15.4. The van der Waals surface area contributed by atoms with E-state index in [-0.39, 0.29) is 5.03 Å². The number of nitrogens with one attached hydrogen (secondary N) is 1. The molecule has 5 nitrogen and oxygen atoms in total. The van der Waals surface area contributed by atoms with Crippen molar-refractivity contribution in [3.8, 4) is 0 Å². The van der Waals surface area contributed by atoms with Gasteiger partial charge in [0.1, 0.15) is 0 Å². The predicted octanol–water partition coefficient (Wildman–Crippen LogP) is 1.61. The largest absolute Gasteiger partial charge is 0.316 e. The minimum absolute atomic E-state index is 0.159. The van der Waals surface area contributed by atoms with E-state index in [1.54, 1.807) is 16.6 Å². The number of sulfonamides is 1. The molecule has 20 heavy (non-hydrogen) atoms. The second-order valence-corrected chi connectivity index (χ2v) is 7.36. The van der Waals surface area contributed by atoms with Gasteiger partial charge in [-0.25, -0.2) is 13.4 Å². The van der Waals surface area contributed by atoms with Gasteiger partial charge >= 0.3 is 0 Å². The first-order valence-corrected chi connectivity index (χ1v) is 8.57. The quantitative estimate of drug-likeness (QED) is 0.917. The maximum atomic E-state index is 12.6. The Morgan fingerprint density at radius 2 is 2.15 bits per heavy atom. The lowest BCUT2D eigenvalue weighted by Gasteiger charge is -2.19. The Hall–Kier alpha value is -0.980. The van der Waals surface area contributed by atoms with Crippen molar-refractivity contribution in [1.29, 1.82) is 0 Å². The first-order chi connectivity index (χ1) is 9.54. The van der Waals surface area contributed by atoms with E-state index in [4.69, 9.17) is 0 Å². The molecular formula is C14H23N3O2S. The molecule has 112 valence electrons. The Bertz CT molecular complexity index is 528. The fourth-order valence-electron chi connectivity index (χ4n) is 2.48. The molecule has 0 saturated carbocycles. The number of aromatic nitrogens is 1. The summed E-state index contributed by atoms with van der Waals surface area (Å²) in [7, 11) is -1.59. The van der Waals surface area contributed by atoms with E-state index in [0.717, 1.165) is 24.8 Å². The Labute approximate surface area is 121 Å². The van der Waals surface area contributed by atoms with E-state index < -0.39 is 10.0 Å². The van der Waals surface area contributed by atoms with E-state index in [1.807, 2.05) is 13.1 Å². The summed E-state index contributed by atoms with van der Waals surface area (Å²) in [6.45, 7) is 4.07. The second kappa shape index (κ2) is 6.65. The average Bonchev–Trinajstić information content (AvgIpc) is 2.65. The third-order valence-electron chi connectivity index (χ3n) is 3.76. The van der Waals surface area contributed by atoms with Crippen molar-refractivity contribution in [1.82, 2.24) is 14.6 Å². The maximum absolute atomic E-state index is 12.6. The van der Waals surface area contributed by atoms with Crippen molar-refractivity contribution in [3.05, 3.63) is 23.9 Å². The average molecular weight is 297 g/mol. The van der Waals surface area contributed by atoms with E-state index in [9.17, 15) is 8.42 Å². The van der Waals surface area contributed by atoms with Gasteiger partial charge in [-0.3, -0.25) is 0 Å². The van der Waals surface area contributed by atoms with Gasteiger partial charge in [-0.15, -0.1) is 0 Å². The fourth-order valence-corrected chi connectivity index (χ4v) is 3.89. The minimum Gasteiger partial charge on any atom is -0.316 e. The molecule has 1 aliphatic heterocycles. The first-order valence-electron chi connectivity index (χ1n) is 7.13. The van der Waals surface area contributed by atoms with Crippen LogP contribution in [-0.4, -0.2) is 37.8 Å². The number of pyridine rings is 1. The molecule has 1 atom stereocenters. The summed E-state index contributed by atoms with van der Waals surface area (Å²) in [6.07, 6.45) is 4.58. The van der Waals surface area contributed by atoms with Crippen LogP contribution in [-0.2, 0) is 16.6 Å². The molecule has 0 spiro atoms. The molecule has 1 aromatic heterocycles. The van der Waals surface area contributed by atoms with Crippen LogP contribution in [0, 0.1) is 5.92 Å². The molecule has 1 fully saturated rings. The third kappa shape index (κ3) is 3.56. The number of nitrogens with zero attached hydrogens (tertiary/aromatic N) is 2. The monoisotopic (exact) mass is 297 g/mol. The zero-order valence-electron chi connectivity index (χ0n) is 12.2. The summed E-state index contributed by atoms with van der Waals surface area (Å²) in [5.41, 5.74) is 0.982. The highest BCUT2D eigenvalue weighted by molar-refractivity contribution is 7.89.